The van der Waals surface area contributed by atoms with Crippen molar-refractivity contribution in [1.82, 2.24) is 10.2 Å². The summed E-state index contributed by atoms with van der Waals surface area (Å²) in [7, 11) is 3.72. The Labute approximate surface area is 176 Å². The number of nitrogens with zero attached hydrogens (tertiary/aromatic N) is 1. The van der Waals surface area contributed by atoms with Crippen LogP contribution in [0, 0.1) is 12.3 Å². The van der Waals surface area contributed by atoms with Crippen molar-refractivity contribution < 1.29 is 24.1 Å². The number of carbonyl (C=O) groups is 1. The minimum absolute atomic E-state index is 0.0276. The third-order valence-electron chi connectivity index (χ3n) is 7.70. The number of nitrogens with one attached hydrogen (secondary N) is 1. The Morgan fingerprint density at radius 1 is 1.47 bits per heavy atom. The van der Waals surface area contributed by atoms with Gasteiger partial charge in [-0.25, -0.2) is 0 Å². The molecule has 4 aliphatic rings. The third kappa shape index (κ3) is 2.41. The van der Waals surface area contributed by atoms with Gasteiger partial charge in [0.25, 0.3) is 0 Å². The number of benzene rings is 1. The molecule has 1 amide bonds. The summed E-state index contributed by atoms with van der Waals surface area (Å²) in [4.78, 5) is 14.8. The molecular weight excluding hydrogens is 384 g/mol. The first-order chi connectivity index (χ1) is 14.5. The van der Waals surface area contributed by atoms with Crippen molar-refractivity contribution in [2.75, 3.05) is 33.9 Å². The molecule has 2 aliphatic carbocycles. The number of likely N-dealkylation sites (tertiary alicyclic amines) is 1. The van der Waals surface area contributed by atoms with Crippen LogP contribution in [0.3, 0.4) is 0 Å². The summed E-state index contributed by atoms with van der Waals surface area (Å²) in [6.07, 6.45) is 7.64. The van der Waals surface area contributed by atoms with Gasteiger partial charge in [-0.3, -0.25) is 4.79 Å². The van der Waals surface area contributed by atoms with Crippen LogP contribution >= 0.6 is 0 Å². The fourth-order valence-corrected chi connectivity index (χ4v) is 6.50. The molecule has 1 spiro atoms. The number of hydrogen-bond acceptors (Lipinski definition) is 6. The molecule has 160 valence electrons. The molecule has 1 saturated carbocycles. The molecule has 2 N–H and O–H groups in total. The first-order valence-corrected chi connectivity index (χ1v) is 10.6. The van der Waals surface area contributed by atoms with Crippen LogP contribution in [0.1, 0.15) is 30.4 Å². The molecule has 5 atom stereocenters. The predicted octanol–water partition coefficient (Wildman–Crippen LogP) is 0.614. The molecule has 7 heteroatoms. The lowest BCUT2D eigenvalue weighted by Crippen LogP contribution is -2.77. The number of likely N-dealkylation sites (N-methyl/N-ethyl adjacent to an activating group) is 1. The van der Waals surface area contributed by atoms with Gasteiger partial charge in [-0.1, -0.05) is 12.0 Å². The first-order valence-electron chi connectivity index (χ1n) is 10.6. The van der Waals surface area contributed by atoms with E-state index in [1.54, 1.807) is 7.11 Å². The molecule has 1 unspecified atom stereocenters. The second-order valence-corrected chi connectivity index (χ2v) is 8.93. The summed E-state index contributed by atoms with van der Waals surface area (Å²) >= 11 is 0. The smallest absolute Gasteiger partial charge is 0.246 e. The van der Waals surface area contributed by atoms with Gasteiger partial charge in [-0.2, -0.15) is 0 Å². The van der Waals surface area contributed by atoms with Crippen LogP contribution in [0.25, 0.3) is 0 Å². The van der Waals surface area contributed by atoms with Gasteiger partial charge in [0.2, 0.25) is 5.91 Å². The Kier molecular flexibility index (Phi) is 4.51. The fraction of sp³-hybridized carbons (Fsp3) is 0.609. The average molecular weight is 412 g/mol. The van der Waals surface area contributed by atoms with E-state index in [4.69, 9.17) is 20.6 Å². The number of ether oxygens (including phenoxy) is 3. The van der Waals surface area contributed by atoms with Crippen LogP contribution in [0.5, 0.6) is 11.5 Å². The number of methoxy groups -OCH3 is 1. The number of carbonyl (C=O) groups excluding carboxylic acids is 1. The number of hydrogen-bond donors (Lipinski definition) is 2. The highest BCUT2D eigenvalue weighted by molar-refractivity contribution is 5.78. The molecule has 30 heavy (non-hydrogen) atoms. The maximum atomic E-state index is 12.5. The Hall–Kier alpha value is -2.27. The topological polar surface area (TPSA) is 80.3 Å². The molecule has 7 nitrogen and oxygen atoms in total. The lowest BCUT2D eigenvalue weighted by molar-refractivity contribution is -0.187. The number of aliphatic hydroxyl groups is 1. The first kappa shape index (κ1) is 19.7. The SMILES string of the molecule is C#CCOCC(=O)N[C@H]1CC[C@@]2(O)C3Cc4ccc(OC)c5c4[C@@]2(CCN3C)[C@H]1O5. The third-order valence-corrected chi connectivity index (χ3v) is 7.70. The highest BCUT2D eigenvalue weighted by atomic mass is 16.5. The summed E-state index contributed by atoms with van der Waals surface area (Å²) in [5.41, 5.74) is 0.827. The molecule has 2 fully saturated rings. The van der Waals surface area contributed by atoms with E-state index in [9.17, 15) is 9.90 Å². The number of amides is 1. The van der Waals surface area contributed by atoms with Crippen LogP contribution in [0.2, 0.25) is 0 Å². The summed E-state index contributed by atoms with van der Waals surface area (Å²) < 4.78 is 17.3. The Balaban J connectivity index is 1.56. The minimum atomic E-state index is -0.906. The van der Waals surface area contributed by atoms with Crippen LogP contribution in [-0.4, -0.2) is 73.6 Å². The van der Waals surface area contributed by atoms with E-state index < -0.39 is 11.0 Å². The van der Waals surface area contributed by atoms with Gasteiger partial charge >= 0.3 is 0 Å². The summed E-state index contributed by atoms with van der Waals surface area (Å²) in [5, 5.41) is 15.2. The predicted molar refractivity (Wildman–Crippen MR) is 110 cm³/mol. The van der Waals surface area contributed by atoms with Gasteiger partial charge < -0.3 is 29.5 Å². The molecule has 1 saturated heterocycles. The molecule has 0 aromatic heterocycles. The van der Waals surface area contributed by atoms with Crippen molar-refractivity contribution in [2.45, 2.75) is 54.9 Å². The largest absolute Gasteiger partial charge is 0.493 e. The normalized spacial score (nSPS) is 35.7. The van der Waals surface area contributed by atoms with Crippen molar-refractivity contribution >= 4 is 5.91 Å². The molecule has 2 bridgehead atoms. The Morgan fingerprint density at radius 2 is 2.30 bits per heavy atom. The van der Waals surface area contributed by atoms with Crippen molar-refractivity contribution in [1.29, 1.82) is 0 Å². The van der Waals surface area contributed by atoms with E-state index in [2.05, 4.69) is 29.3 Å². The highest BCUT2D eigenvalue weighted by Crippen LogP contribution is 2.65. The Morgan fingerprint density at radius 3 is 3.07 bits per heavy atom. The average Bonchev–Trinajstić information content (AvgIpc) is 3.08. The fourth-order valence-electron chi connectivity index (χ4n) is 6.50. The van der Waals surface area contributed by atoms with Gasteiger partial charge in [-0.05, 0) is 50.9 Å². The highest BCUT2D eigenvalue weighted by Gasteiger charge is 2.72. The van der Waals surface area contributed by atoms with E-state index in [-0.39, 0.29) is 37.3 Å². The van der Waals surface area contributed by atoms with Gasteiger partial charge in [0, 0.05) is 11.6 Å². The van der Waals surface area contributed by atoms with Crippen LogP contribution < -0.4 is 14.8 Å². The van der Waals surface area contributed by atoms with E-state index in [1.165, 1.54) is 5.56 Å². The molecule has 1 aromatic rings. The van der Waals surface area contributed by atoms with Crippen LogP contribution in [0.15, 0.2) is 12.1 Å². The van der Waals surface area contributed by atoms with Gasteiger partial charge in [0.05, 0.1) is 24.2 Å². The van der Waals surface area contributed by atoms with E-state index in [0.29, 0.717) is 18.6 Å². The lowest BCUT2D eigenvalue weighted by Gasteiger charge is -2.63. The van der Waals surface area contributed by atoms with E-state index >= 15 is 0 Å². The lowest BCUT2D eigenvalue weighted by atomic mass is 9.48. The van der Waals surface area contributed by atoms with Gasteiger partial charge in [0.15, 0.2) is 11.5 Å². The van der Waals surface area contributed by atoms with Crippen LogP contribution in [-0.2, 0) is 21.4 Å². The maximum Gasteiger partial charge on any atom is 0.246 e. The second kappa shape index (κ2) is 6.88. The van der Waals surface area contributed by atoms with Crippen molar-refractivity contribution in [3.05, 3.63) is 23.3 Å². The molecule has 2 aliphatic heterocycles. The second-order valence-electron chi connectivity index (χ2n) is 8.93. The van der Waals surface area contributed by atoms with E-state index in [0.717, 1.165) is 30.7 Å². The van der Waals surface area contributed by atoms with Gasteiger partial charge in [0.1, 0.15) is 19.3 Å². The van der Waals surface area contributed by atoms with Crippen molar-refractivity contribution in [2.24, 2.45) is 0 Å². The number of piperidine rings is 1. The molecule has 5 rings (SSSR count). The summed E-state index contributed by atoms with van der Waals surface area (Å²) in [6, 6.07) is 3.86. The molecule has 0 radical (unpaired) electrons. The summed E-state index contributed by atoms with van der Waals surface area (Å²) in [5.74, 6) is 3.56. The zero-order chi connectivity index (χ0) is 21.1. The Bertz CT molecular complexity index is 927. The zero-order valence-electron chi connectivity index (χ0n) is 17.4. The molecule has 2 heterocycles. The standard InChI is InChI=1S/C23H28N2O5/c1-4-11-29-13-18(26)24-15-7-8-23(27)17-12-14-5-6-16(28-3)20-19(14)22(23,21(15)30-20)9-10-25(17)2/h1,5-6,15,17,21,27H,7-13H2,2-3H3,(H,24,26)/t15-,17?,21-,22-,23+/m0/s1. The minimum Gasteiger partial charge on any atom is -0.493 e. The van der Waals surface area contributed by atoms with Gasteiger partial charge in [-0.15, -0.1) is 6.42 Å². The maximum absolute atomic E-state index is 12.5. The summed E-state index contributed by atoms with van der Waals surface area (Å²) in [6.45, 7) is 0.883. The number of terminal acetylenes is 1. The number of rotatable bonds is 5. The quantitative estimate of drug-likeness (QED) is 0.545. The van der Waals surface area contributed by atoms with Crippen molar-refractivity contribution in [3.63, 3.8) is 0 Å². The van der Waals surface area contributed by atoms with Crippen LogP contribution in [0.4, 0.5) is 0 Å². The zero-order valence-corrected chi connectivity index (χ0v) is 17.4. The molecular formula is C23H28N2O5. The van der Waals surface area contributed by atoms with E-state index in [1.807, 2.05) is 6.07 Å². The van der Waals surface area contributed by atoms with Crippen molar-refractivity contribution in [3.8, 4) is 23.8 Å². The monoisotopic (exact) mass is 412 g/mol. The molecule has 1 aromatic carbocycles.